The van der Waals surface area contributed by atoms with Crippen LogP contribution in [0.5, 0.6) is 5.75 Å². The number of ether oxygens (including phenoxy) is 1. The third-order valence-corrected chi connectivity index (χ3v) is 4.94. The van der Waals surface area contributed by atoms with E-state index in [2.05, 4.69) is 32.2 Å². The molecule has 29 heavy (non-hydrogen) atoms. The number of methoxy groups -OCH3 is 1. The third kappa shape index (κ3) is 6.02. The number of furan rings is 1. The van der Waals surface area contributed by atoms with Gasteiger partial charge in [0.1, 0.15) is 17.1 Å². The van der Waals surface area contributed by atoms with Crippen molar-refractivity contribution in [3.05, 3.63) is 48.4 Å². The molecule has 0 amide bonds. The Morgan fingerprint density at radius 1 is 1.21 bits per heavy atom. The summed E-state index contributed by atoms with van der Waals surface area (Å²) in [5.41, 5.74) is 0.0675. The molecular formula is C21H31IN4O3. The highest BCUT2D eigenvalue weighted by molar-refractivity contribution is 14.0. The summed E-state index contributed by atoms with van der Waals surface area (Å²) in [6, 6.07) is 11.7. The Morgan fingerprint density at radius 2 is 1.90 bits per heavy atom. The molecule has 1 aromatic heterocycles. The quantitative estimate of drug-likeness (QED) is 0.351. The zero-order valence-electron chi connectivity index (χ0n) is 17.3. The Morgan fingerprint density at radius 3 is 2.45 bits per heavy atom. The fourth-order valence-electron chi connectivity index (χ4n) is 3.29. The maximum Gasteiger partial charge on any atom is 0.194 e. The van der Waals surface area contributed by atoms with Crippen molar-refractivity contribution in [3.63, 3.8) is 0 Å². The van der Waals surface area contributed by atoms with Gasteiger partial charge in [-0.25, -0.2) is 4.99 Å². The molecule has 3 rings (SSSR count). The van der Waals surface area contributed by atoms with Gasteiger partial charge in [-0.2, -0.15) is 0 Å². The maximum atomic E-state index is 10.7. The van der Waals surface area contributed by atoms with Crippen LogP contribution in [0.15, 0.2) is 52.1 Å². The molecule has 0 radical (unpaired) electrons. The first-order valence-electron chi connectivity index (χ1n) is 9.72. The Bertz CT molecular complexity index is 755. The molecule has 2 N–H and O–H groups in total. The number of nitrogens with zero attached hydrogens (tertiary/aromatic N) is 3. The van der Waals surface area contributed by atoms with Crippen molar-refractivity contribution in [1.82, 2.24) is 10.2 Å². The van der Waals surface area contributed by atoms with E-state index in [1.54, 1.807) is 32.4 Å². The number of halogens is 1. The average Bonchev–Trinajstić information content (AvgIpc) is 3.27. The van der Waals surface area contributed by atoms with Crippen molar-refractivity contribution in [2.45, 2.75) is 19.4 Å². The van der Waals surface area contributed by atoms with Gasteiger partial charge in [0.2, 0.25) is 0 Å². The Kier molecular flexibility index (Phi) is 8.63. The van der Waals surface area contributed by atoms with Gasteiger partial charge >= 0.3 is 0 Å². The van der Waals surface area contributed by atoms with E-state index in [0.717, 1.165) is 44.4 Å². The summed E-state index contributed by atoms with van der Waals surface area (Å²) >= 11 is 0. The van der Waals surface area contributed by atoms with Crippen LogP contribution in [0.1, 0.15) is 19.6 Å². The standard InChI is InChI=1S/C21H30N4O3.HI/c1-4-22-20(23-16-21(2,26)19-6-5-15-28-19)25-13-11-24(12-14-25)17-7-9-18(27-3)10-8-17;/h5-10,15,26H,4,11-14,16H2,1-3H3,(H,22,23);1H. The van der Waals surface area contributed by atoms with Gasteiger partial charge in [-0.1, -0.05) is 0 Å². The van der Waals surface area contributed by atoms with Crippen LogP contribution in [0.25, 0.3) is 0 Å². The molecule has 8 heteroatoms. The number of aliphatic hydroxyl groups is 1. The molecule has 1 aromatic carbocycles. The number of hydrogen-bond donors (Lipinski definition) is 2. The number of nitrogens with one attached hydrogen (secondary N) is 1. The minimum atomic E-state index is -1.13. The van der Waals surface area contributed by atoms with E-state index in [1.165, 1.54) is 5.69 Å². The van der Waals surface area contributed by atoms with Crippen LogP contribution in [-0.4, -0.2) is 62.3 Å². The Balaban J connectivity index is 0.00000300. The molecule has 0 bridgehead atoms. The summed E-state index contributed by atoms with van der Waals surface area (Å²) in [6.07, 6.45) is 1.57. The van der Waals surface area contributed by atoms with Gasteiger partial charge < -0.3 is 29.4 Å². The van der Waals surface area contributed by atoms with Crippen molar-refractivity contribution >= 4 is 35.6 Å². The topological polar surface area (TPSA) is 73.5 Å². The highest BCUT2D eigenvalue weighted by atomic mass is 127. The lowest BCUT2D eigenvalue weighted by molar-refractivity contribution is 0.0434. The van der Waals surface area contributed by atoms with E-state index in [-0.39, 0.29) is 30.5 Å². The molecule has 2 heterocycles. The molecule has 0 aliphatic carbocycles. The van der Waals surface area contributed by atoms with Gasteiger partial charge in [0, 0.05) is 38.4 Å². The molecule has 1 aliphatic heterocycles. The molecule has 1 unspecified atom stereocenters. The normalized spacial score (nSPS) is 16.8. The summed E-state index contributed by atoms with van der Waals surface area (Å²) in [4.78, 5) is 9.27. The second-order valence-corrected chi connectivity index (χ2v) is 7.09. The Hall–Kier alpha value is -1.94. The number of aliphatic imine (C=N–C) groups is 1. The van der Waals surface area contributed by atoms with Crippen molar-refractivity contribution in [1.29, 1.82) is 0 Å². The highest BCUT2D eigenvalue weighted by Crippen LogP contribution is 2.22. The van der Waals surface area contributed by atoms with Crippen molar-refractivity contribution in [2.24, 2.45) is 4.99 Å². The number of benzene rings is 1. The van der Waals surface area contributed by atoms with Gasteiger partial charge in [-0.05, 0) is 50.2 Å². The van der Waals surface area contributed by atoms with Crippen molar-refractivity contribution in [2.75, 3.05) is 51.3 Å². The molecule has 0 saturated carbocycles. The number of hydrogen-bond acceptors (Lipinski definition) is 5. The van der Waals surface area contributed by atoms with Crippen LogP contribution < -0.4 is 15.0 Å². The predicted molar refractivity (Wildman–Crippen MR) is 126 cm³/mol. The van der Waals surface area contributed by atoms with Crippen LogP contribution >= 0.6 is 24.0 Å². The van der Waals surface area contributed by atoms with Gasteiger partial charge in [0.25, 0.3) is 0 Å². The fraction of sp³-hybridized carbons (Fsp3) is 0.476. The van der Waals surface area contributed by atoms with E-state index >= 15 is 0 Å². The van der Waals surface area contributed by atoms with Gasteiger partial charge in [-0.15, -0.1) is 24.0 Å². The van der Waals surface area contributed by atoms with Gasteiger partial charge in [-0.3, -0.25) is 0 Å². The van der Waals surface area contributed by atoms with E-state index in [0.29, 0.717) is 5.76 Å². The number of piperazine rings is 1. The second-order valence-electron chi connectivity index (χ2n) is 7.09. The van der Waals surface area contributed by atoms with Crippen LogP contribution in [0.4, 0.5) is 5.69 Å². The SMILES string of the molecule is CCNC(=NCC(C)(O)c1ccco1)N1CCN(c2ccc(OC)cc2)CC1.I. The first-order chi connectivity index (χ1) is 13.5. The van der Waals surface area contributed by atoms with E-state index < -0.39 is 5.60 Å². The number of rotatable bonds is 6. The maximum absolute atomic E-state index is 10.7. The molecule has 1 fully saturated rings. The molecule has 1 saturated heterocycles. The Labute approximate surface area is 189 Å². The summed E-state index contributed by atoms with van der Waals surface area (Å²) in [7, 11) is 1.68. The van der Waals surface area contributed by atoms with Crippen molar-refractivity contribution in [3.8, 4) is 5.75 Å². The lowest BCUT2D eigenvalue weighted by atomic mass is 10.0. The predicted octanol–water partition coefficient (Wildman–Crippen LogP) is 2.90. The van der Waals surface area contributed by atoms with Crippen molar-refractivity contribution < 1.29 is 14.3 Å². The highest BCUT2D eigenvalue weighted by Gasteiger charge is 2.27. The summed E-state index contributed by atoms with van der Waals surface area (Å²) in [5, 5.41) is 14.0. The first-order valence-corrected chi connectivity index (χ1v) is 9.72. The number of guanidine groups is 1. The zero-order valence-corrected chi connectivity index (χ0v) is 19.6. The molecule has 1 atom stereocenters. The van der Waals surface area contributed by atoms with Crippen LogP contribution in [-0.2, 0) is 5.60 Å². The monoisotopic (exact) mass is 514 g/mol. The summed E-state index contributed by atoms with van der Waals surface area (Å²) in [6.45, 7) is 8.33. The van der Waals surface area contributed by atoms with Crippen LogP contribution in [0.3, 0.4) is 0 Å². The van der Waals surface area contributed by atoms with Crippen LogP contribution in [0, 0.1) is 0 Å². The summed E-state index contributed by atoms with van der Waals surface area (Å²) in [5.74, 6) is 2.22. The van der Waals surface area contributed by atoms with Gasteiger partial charge in [0.15, 0.2) is 5.96 Å². The minimum absolute atomic E-state index is 0. The van der Waals surface area contributed by atoms with Crippen LogP contribution in [0.2, 0.25) is 0 Å². The molecule has 160 valence electrons. The fourth-order valence-corrected chi connectivity index (χ4v) is 3.29. The smallest absolute Gasteiger partial charge is 0.194 e. The molecule has 2 aromatic rings. The second kappa shape index (κ2) is 10.7. The molecule has 7 nitrogen and oxygen atoms in total. The lowest BCUT2D eigenvalue weighted by Gasteiger charge is -2.38. The van der Waals surface area contributed by atoms with E-state index in [4.69, 9.17) is 9.15 Å². The first kappa shape index (κ1) is 23.3. The summed E-state index contributed by atoms with van der Waals surface area (Å²) < 4.78 is 10.6. The zero-order chi connectivity index (χ0) is 20.0. The third-order valence-electron chi connectivity index (χ3n) is 4.94. The van der Waals surface area contributed by atoms with E-state index in [9.17, 15) is 5.11 Å². The molecular weight excluding hydrogens is 483 g/mol. The minimum Gasteiger partial charge on any atom is -0.497 e. The largest absolute Gasteiger partial charge is 0.497 e. The average molecular weight is 514 g/mol. The lowest BCUT2D eigenvalue weighted by Crippen LogP contribution is -2.52. The van der Waals surface area contributed by atoms with Gasteiger partial charge in [0.05, 0.1) is 19.9 Å². The number of anilines is 1. The molecule has 0 spiro atoms. The molecule has 1 aliphatic rings. The van der Waals surface area contributed by atoms with E-state index in [1.807, 2.05) is 19.1 Å².